The summed E-state index contributed by atoms with van der Waals surface area (Å²) in [5, 5.41) is 0. The number of carbonyl (C=O) groups excluding carboxylic acids is 1. The second kappa shape index (κ2) is 6.12. The standard InChI is InChI=1S/C16H23FN2O2/c1-16(2)11-19(8-9-21-16)15(20)14(18(3)4)12-6-5-7-13(17)10-12/h5-7,10,14H,8-9,11H2,1-4H3/t14-/m0/s1. The molecular weight excluding hydrogens is 271 g/mol. The van der Waals surface area contributed by atoms with E-state index in [-0.39, 0.29) is 17.3 Å². The van der Waals surface area contributed by atoms with E-state index in [0.717, 1.165) is 0 Å². The van der Waals surface area contributed by atoms with Crippen molar-refractivity contribution in [2.24, 2.45) is 0 Å². The Hall–Kier alpha value is -1.46. The number of ether oxygens (including phenoxy) is 1. The van der Waals surface area contributed by atoms with Crippen molar-refractivity contribution < 1.29 is 13.9 Å². The maximum atomic E-state index is 13.5. The Kier molecular flexibility index (Phi) is 4.64. The highest BCUT2D eigenvalue weighted by Crippen LogP contribution is 2.25. The molecule has 0 spiro atoms. The summed E-state index contributed by atoms with van der Waals surface area (Å²) in [7, 11) is 3.66. The minimum absolute atomic E-state index is 0.0121. The molecule has 1 saturated heterocycles. The highest BCUT2D eigenvalue weighted by Gasteiger charge is 2.34. The van der Waals surface area contributed by atoms with Crippen LogP contribution in [0, 0.1) is 5.82 Å². The summed E-state index contributed by atoms with van der Waals surface area (Å²) >= 11 is 0. The molecule has 0 radical (unpaired) electrons. The number of carbonyl (C=O) groups is 1. The second-order valence-corrected chi connectivity index (χ2v) is 6.29. The predicted molar refractivity (Wildman–Crippen MR) is 79.4 cm³/mol. The quantitative estimate of drug-likeness (QED) is 0.855. The van der Waals surface area contributed by atoms with Crippen LogP contribution in [0.25, 0.3) is 0 Å². The molecule has 0 aliphatic carbocycles. The molecule has 1 aliphatic rings. The van der Waals surface area contributed by atoms with E-state index in [1.165, 1.54) is 12.1 Å². The molecule has 0 bridgehead atoms. The van der Waals surface area contributed by atoms with E-state index in [9.17, 15) is 9.18 Å². The summed E-state index contributed by atoms with van der Waals surface area (Å²) in [6.45, 7) is 5.59. The largest absolute Gasteiger partial charge is 0.372 e. The molecule has 21 heavy (non-hydrogen) atoms. The number of morpholine rings is 1. The number of hydrogen-bond acceptors (Lipinski definition) is 3. The van der Waals surface area contributed by atoms with Crippen molar-refractivity contribution in [1.82, 2.24) is 9.80 Å². The highest BCUT2D eigenvalue weighted by molar-refractivity contribution is 5.83. The molecule has 1 aromatic carbocycles. The van der Waals surface area contributed by atoms with E-state index < -0.39 is 6.04 Å². The Morgan fingerprint density at radius 1 is 1.43 bits per heavy atom. The van der Waals surface area contributed by atoms with Crippen molar-refractivity contribution in [2.45, 2.75) is 25.5 Å². The van der Waals surface area contributed by atoms with Gasteiger partial charge in [0, 0.05) is 13.1 Å². The Morgan fingerprint density at radius 3 is 2.71 bits per heavy atom. The average molecular weight is 294 g/mol. The van der Waals surface area contributed by atoms with Crippen molar-refractivity contribution in [3.05, 3.63) is 35.6 Å². The zero-order valence-corrected chi connectivity index (χ0v) is 13.1. The van der Waals surface area contributed by atoms with Crippen molar-refractivity contribution >= 4 is 5.91 Å². The Balaban J connectivity index is 2.24. The molecule has 5 heteroatoms. The minimum Gasteiger partial charge on any atom is -0.372 e. The highest BCUT2D eigenvalue weighted by atomic mass is 19.1. The van der Waals surface area contributed by atoms with Crippen LogP contribution in [-0.4, -0.2) is 55.1 Å². The van der Waals surface area contributed by atoms with E-state index in [1.807, 2.05) is 32.8 Å². The average Bonchev–Trinajstić information content (AvgIpc) is 2.37. The van der Waals surface area contributed by atoms with Crippen LogP contribution in [0.4, 0.5) is 4.39 Å². The van der Waals surface area contributed by atoms with Crippen LogP contribution in [0.1, 0.15) is 25.5 Å². The molecule has 0 saturated carbocycles. The van der Waals surface area contributed by atoms with Gasteiger partial charge in [-0.05, 0) is 45.6 Å². The van der Waals surface area contributed by atoms with Crippen molar-refractivity contribution in [3.63, 3.8) is 0 Å². The molecule has 116 valence electrons. The third-order valence-electron chi connectivity index (χ3n) is 3.65. The molecule has 0 N–H and O–H groups in total. The molecule has 1 atom stereocenters. The maximum absolute atomic E-state index is 13.5. The molecule has 4 nitrogen and oxygen atoms in total. The fourth-order valence-corrected chi connectivity index (χ4v) is 2.72. The lowest BCUT2D eigenvalue weighted by Crippen LogP contribution is -2.53. The zero-order chi connectivity index (χ0) is 15.6. The van der Waals surface area contributed by atoms with Gasteiger partial charge in [-0.25, -0.2) is 4.39 Å². The third-order valence-corrected chi connectivity index (χ3v) is 3.65. The molecule has 1 aromatic rings. The lowest BCUT2D eigenvalue weighted by molar-refractivity contribution is -0.150. The van der Waals surface area contributed by atoms with E-state index in [0.29, 0.717) is 25.3 Å². The Labute approximate surface area is 125 Å². The SMILES string of the molecule is CN(C)[C@H](C(=O)N1CCOC(C)(C)C1)c1cccc(F)c1. The fraction of sp³-hybridized carbons (Fsp3) is 0.562. The van der Waals surface area contributed by atoms with Gasteiger partial charge in [0.2, 0.25) is 5.91 Å². The third kappa shape index (κ3) is 3.80. The Bertz CT molecular complexity index is 517. The van der Waals surface area contributed by atoms with Gasteiger partial charge in [0.1, 0.15) is 11.9 Å². The van der Waals surface area contributed by atoms with Crippen LogP contribution in [-0.2, 0) is 9.53 Å². The first-order chi connectivity index (χ1) is 9.80. The fourth-order valence-electron chi connectivity index (χ4n) is 2.72. The van der Waals surface area contributed by atoms with Gasteiger partial charge in [0.05, 0.1) is 12.2 Å². The summed E-state index contributed by atoms with van der Waals surface area (Å²) < 4.78 is 19.1. The smallest absolute Gasteiger partial charge is 0.244 e. The molecule has 1 amide bonds. The number of halogens is 1. The molecule has 2 rings (SSSR count). The minimum atomic E-state index is -0.477. The second-order valence-electron chi connectivity index (χ2n) is 6.29. The van der Waals surface area contributed by atoms with Crippen LogP contribution in [0.15, 0.2) is 24.3 Å². The molecule has 1 heterocycles. The van der Waals surface area contributed by atoms with Gasteiger partial charge in [-0.3, -0.25) is 9.69 Å². The summed E-state index contributed by atoms with van der Waals surface area (Å²) in [5.74, 6) is -0.337. The number of hydrogen-bond donors (Lipinski definition) is 0. The topological polar surface area (TPSA) is 32.8 Å². The van der Waals surface area contributed by atoms with Gasteiger partial charge in [-0.15, -0.1) is 0 Å². The van der Waals surface area contributed by atoms with Gasteiger partial charge in [0.25, 0.3) is 0 Å². The summed E-state index contributed by atoms with van der Waals surface area (Å²) in [5.41, 5.74) is 0.335. The summed E-state index contributed by atoms with van der Waals surface area (Å²) in [6.07, 6.45) is 0. The van der Waals surface area contributed by atoms with Crippen LogP contribution in [0.2, 0.25) is 0 Å². The van der Waals surface area contributed by atoms with Crippen LogP contribution in [0.5, 0.6) is 0 Å². The summed E-state index contributed by atoms with van der Waals surface area (Å²) in [6, 6.07) is 5.76. The number of likely N-dealkylation sites (N-methyl/N-ethyl adjacent to an activating group) is 1. The first-order valence-corrected chi connectivity index (χ1v) is 7.15. The van der Waals surface area contributed by atoms with Crippen LogP contribution in [0.3, 0.4) is 0 Å². The number of nitrogens with zero attached hydrogens (tertiary/aromatic N) is 2. The normalized spacial score (nSPS) is 19.6. The molecular formula is C16H23FN2O2. The van der Waals surface area contributed by atoms with Gasteiger partial charge >= 0.3 is 0 Å². The predicted octanol–water partition coefficient (Wildman–Crippen LogP) is 2.07. The maximum Gasteiger partial charge on any atom is 0.244 e. The lowest BCUT2D eigenvalue weighted by atomic mass is 10.0. The van der Waals surface area contributed by atoms with E-state index in [1.54, 1.807) is 17.0 Å². The van der Waals surface area contributed by atoms with E-state index in [4.69, 9.17) is 4.74 Å². The molecule has 1 fully saturated rings. The van der Waals surface area contributed by atoms with Crippen LogP contribution >= 0.6 is 0 Å². The first kappa shape index (κ1) is 15.9. The van der Waals surface area contributed by atoms with E-state index in [2.05, 4.69) is 0 Å². The number of amides is 1. The van der Waals surface area contributed by atoms with Crippen LogP contribution < -0.4 is 0 Å². The van der Waals surface area contributed by atoms with Gasteiger partial charge in [-0.1, -0.05) is 12.1 Å². The van der Waals surface area contributed by atoms with Gasteiger partial charge in [0.15, 0.2) is 0 Å². The number of benzene rings is 1. The first-order valence-electron chi connectivity index (χ1n) is 7.15. The Morgan fingerprint density at radius 2 is 2.14 bits per heavy atom. The zero-order valence-electron chi connectivity index (χ0n) is 13.1. The monoisotopic (exact) mass is 294 g/mol. The van der Waals surface area contributed by atoms with Gasteiger partial charge < -0.3 is 9.64 Å². The van der Waals surface area contributed by atoms with Crippen molar-refractivity contribution in [1.29, 1.82) is 0 Å². The molecule has 0 unspecified atom stereocenters. The molecule has 1 aliphatic heterocycles. The van der Waals surface area contributed by atoms with Gasteiger partial charge in [-0.2, -0.15) is 0 Å². The van der Waals surface area contributed by atoms with Crippen molar-refractivity contribution in [3.8, 4) is 0 Å². The van der Waals surface area contributed by atoms with Crippen molar-refractivity contribution in [2.75, 3.05) is 33.8 Å². The lowest BCUT2D eigenvalue weighted by Gasteiger charge is -2.40. The van der Waals surface area contributed by atoms with E-state index >= 15 is 0 Å². The molecule has 0 aromatic heterocycles. The number of rotatable bonds is 3. The summed E-state index contributed by atoms with van der Waals surface area (Å²) in [4.78, 5) is 16.5.